The largest absolute Gasteiger partial charge is 0.339 e. The van der Waals surface area contributed by atoms with E-state index >= 15 is 0 Å². The Morgan fingerprint density at radius 3 is 2.28 bits per heavy atom. The molecule has 0 bridgehead atoms. The maximum absolute atomic E-state index is 13.1. The van der Waals surface area contributed by atoms with Crippen molar-refractivity contribution in [2.75, 3.05) is 26.2 Å². The number of amides is 2. The van der Waals surface area contributed by atoms with Crippen LogP contribution >= 0.6 is 0 Å². The van der Waals surface area contributed by atoms with Crippen LogP contribution in [0.5, 0.6) is 0 Å². The zero-order chi connectivity index (χ0) is 22.2. The van der Waals surface area contributed by atoms with Gasteiger partial charge in [-0.25, -0.2) is 4.39 Å². The minimum Gasteiger partial charge on any atom is -0.339 e. The number of aryl methyl sites for hydroxylation is 1. The predicted molar refractivity (Wildman–Crippen MR) is 118 cm³/mol. The third kappa shape index (κ3) is 3.90. The maximum atomic E-state index is 13.1. The number of halogens is 1. The summed E-state index contributed by atoms with van der Waals surface area (Å²) in [6, 6.07) is 18.0. The van der Waals surface area contributed by atoms with Gasteiger partial charge in [0.05, 0.1) is 5.69 Å². The van der Waals surface area contributed by atoms with Gasteiger partial charge in [-0.05, 0) is 36.1 Å². The molecule has 2 heterocycles. The fraction of sp³-hybridized carbons (Fsp3) is 0.320. The number of piperazine rings is 1. The van der Waals surface area contributed by atoms with Gasteiger partial charge in [0.2, 0.25) is 5.91 Å². The Morgan fingerprint density at radius 2 is 1.59 bits per heavy atom. The van der Waals surface area contributed by atoms with E-state index in [1.165, 1.54) is 12.1 Å². The molecule has 2 amide bonds. The quantitative estimate of drug-likeness (QED) is 0.636. The van der Waals surface area contributed by atoms with Crippen LogP contribution in [-0.2, 0) is 11.8 Å². The van der Waals surface area contributed by atoms with Crippen molar-refractivity contribution < 1.29 is 14.0 Å². The number of aromatic nitrogens is 2. The second-order valence-corrected chi connectivity index (χ2v) is 8.52. The van der Waals surface area contributed by atoms with Gasteiger partial charge in [-0.1, -0.05) is 42.5 Å². The van der Waals surface area contributed by atoms with Crippen LogP contribution < -0.4 is 0 Å². The molecule has 1 aromatic heterocycles. The molecule has 1 aliphatic carbocycles. The summed E-state index contributed by atoms with van der Waals surface area (Å²) in [6.07, 6.45) is 0.806. The van der Waals surface area contributed by atoms with Crippen molar-refractivity contribution in [3.05, 3.63) is 77.7 Å². The van der Waals surface area contributed by atoms with Gasteiger partial charge in [0.15, 0.2) is 0 Å². The number of hydrogen-bond donors (Lipinski definition) is 0. The Bertz CT molecular complexity index is 1130. The average Bonchev–Trinajstić information content (AvgIpc) is 3.53. The number of carbonyl (C=O) groups is 2. The summed E-state index contributed by atoms with van der Waals surface area (Å²) >= 11 is 0. The van der Waals surface area contributed by atoms with Crippen molar-refractivity contribution in [3.63, 3.8) is 0 Å². The molecule has 6 nitrogen and oxygen atoms in total. The fourth-order valence-electron chi connectivity index (χ4n) is 4.49. The minimum atomic E-state index is -0.262. The van der Waals surface area contributed by atoms with E-state index in [1.807, 2.05) is 41.3 Å². The summed E-state index contributed by atoms with van der Waals surface area (Å²) in [4.78, 5) is 29.6. The predicted octanol–water partition coefficient (Wildman–Crippen LogP) is 3.31. The van der Waals surface area contributed by atoms with Gasteiger partial charge in [-0.2, -0.15) is 5.10 Å². The van der Waals surface area contributed by atoms with Crippen molar-refractivity contribution in [2.24, 2.45) is 13.0 Å². The van der Waals surface area contributed by atoms with Gasteiger partial charge in [-0.3, -0.25) is 14.3 Å². The number of benzene rings is 2. The zero-order valence-electron chi connectivity index (χ0n) is 17.9. The van der Waals surface area contributed by atoms with Gasteiger partial charge >= 0.3 is 0 Å². The van der Waals surface area contributed by atoms with Crippen molar-refractivity contribution in [3.8, 4) is 11.3 Å². The lowest BCUT2D eigenvalue weighted by atomic mass is 10.1. The molecule has 2 fully saturated rings. The molecule has 0 spiro atoms. The van der Waals surface area contributed by atoms with Gasteiger partial charge in [0, 0.05) is 44.7 Å². The van der Waals surface area contributed by atoms with E-state index in [0.29, 0.717) is 31.9 Å². The number of carbonyl (C=O) groups excluding carboxylic acids is 2. The van der Waals surface area contributed by atoms with E-state index in [2.05, 4.69) is 5.10 Å². The Labute approximate surface area is 186 Å². The van der Waals surface area contributed by atoms with Crippen LogP contribution in [0.15, 0.2) is 60.7 Å². The second kappa shape index (κ2) is 8.22. The molecule has 0 unspecified atom stereocenters. The van der Waals surface area contributed by atoms with Crippen LogP contribution in [-0.4, -0.2) is 57.6 Å². The first-order valence-electron chi connectivity index (χ1n) is 10.9. The highest BCUT2D eigenvalue weighted by Gasteiger charge is 2.46. The molecule has 1 saturated carbocycles. The first kappa shape index (κ1) is 20.4. The SMILES string of the molecule is Cn1nc(-c2ccccc2)cc1C(=O)N1CCN(C(=O)[C@H]2C[C@@H]2c2ccc(F)cc2)CC1. The summed E-state index contributed by atoms with van der Waals surface area (Å²) in [7, 11) is 1.78. The molecule has 1 saturated heterocycles. The molecule has 2 aliphatic rings. The third-order valence-electron chi connectivity index (χ3n) is 6.45. The molecule has 0 N–H and O–H groups in total. The highest BCUT2D eigenvalue weighted by Crippen LogP contribution is 2.48. The number of nitrogens with zero attached hydrogens (tertiary/aromatic N) is 4. The van der Waals surface area contributed by atoms with Crippen LogP contribution in [0.25, 0.3) is 11.3 Å². The summed E-state index contributed by atoms with van der Waals surface area (Å²) in [5.74, 6) is -0.0487. The number of hydrogen-bond acceptors (Lipinski definition) is 3. The highest BCUT2D eigenvalue weighted by atomic mass is 19.1. The molecule has 164 valence electrons. The average molecular weight is 432 g/mol. The van der Waals surface area contributed by atoms with Crippen LogP contribution in [0.2, 0.25) is 0 Å². The maximum Gasteiger partial charge on any atom is 0.272 e. The van der Waals surface area contributed by atoms with Crippen LogP contribution in [0.4, 0.5) is 4.39 Å². The van der Waals surface area contributed by atoms with Gasteiger partial charge in [0.1, 0.15) is 11.5 Å². The van der Waals surface area contributed by atoms with E-state index in [4.69, 9.17) is 0 Å². The lowest BCUT2D eigenvalue weighted by Gasteiger charge is -2.35. The second-order valence-electron chi connectivity index (χ2n) is 8.52. The van der Waals surface area contributed by atoms with E-state index in [0.717, 1.165) is 23.2 Å². The van der Waals surface area contributed by atoms with E-state index in [1.54, 1.807) is 28.8 Å². The van der Waals surface area contributed by atoms with E-state index < -0.39 is 0 Å². The van der Waals surface area contributed by atoms with Gasteiger partial charge in [0.25, 0.3) is 5.91 Å². The Morgan fingerprint density at radius 1 is 0.938 bits per heavy atom. The lowest BCUT2D eigenvalue weighted by molar-refractivity contribution is -0.134. The van der Waals surface area contributed by atoms with Gasteiger partial charge in [-0.15, -0.1) is 0 Å². The fourth-order valence-corrected chi connectivity index (χ4v) is 4.49. The first-order valence-corrected chi connectivity index (χ1v) is 10.9. The third-order valence-corrected chi connectivity index (χ3v) is 6.45. The first-order chi connectivity index (χ1) is 15.5. The Hall–Kier alpha value is -3.48. The van der Waals surface area contributed by atoms with Crippen LogP contribution in [0.3, 0.4) is 0 Å². The molecule has 7 heteroatoms. The summed E-state index contributed by atoms with van der Waals surface area (Å²) in [6.45, 7) is 2.07. The summed E-state index contributed by atoms with van der Waals surface area (Å²) in [5.41, 5.74) is 3.30. The summed E-state index contributed by atoms with van der Waals surface area (Å²) < 4.78 is 14.8. The minimum absolute atomic E-state index is 0.0341. The van der Waals surface area contributed by atoms with E-state index in [9.17, 15) is 14.0 Å². The van der Waals surface area contributed by atoms with E-state index in [-0.39, 0.29) is 29.5 Å². The molecular weight excluding hydrogens is 407 g/mol. The molecule has 2 atom stereocenters. The van der Waals surface area contributed by atoms with Crippen LogP contribution in [0.1, 0.15) is 28.4 Å². The molecule has 3 aromatic rings. The standard InChI is InChI=1S/C25H25FN4O2/c1-28-23(16-22(27-28)18-5-3-2-4-6-18)25(32)30-13-11-29(12-14-30)24(31)21-15-20(21)17-7-9-19(26)10-8-17/h2-10,16,20-21H,11-15H2,1H3/t20-,21+/m1/s1. The van der Waals surface area contributed by atoms with Crippen molar-refractivity contribution in [1.82, 2.24) is 19.6 Å². The van der Waals surface area contributed by atoms with Crippen molar-refractivity contribution >= 4 is 11.8 Å². The Balaban J connectivity index is 1.19. The summed E-state index contributed by atoms with van der Waals surface area (Å²) in [5, 5.41) is 4.50. The van der Waals surface area contributed by atoms with Gasteiger partial charge < -0.3 is 9.80 Å². The monoisotopic (exact) mass is 432 g/mol. The Kier molecular flexibility index (Phi) is 5.25. The topological polar surface area (TPSA) is 58.4 Å². The van der Waals surface area contributed by atoms with Crippen LogP contribution in [0, 0.1) is 11.7 Å². The lowest BCUT2D eigenvalue weighted by Crippen LogP contribution is -2.51. The molecule has 1 aliphatic heterocycles. The van der Waals surface area contributed by atoms with Crippen molar-refractivity contribution in [2.45, 2.75) is 12.3 Å². The number of rotatable bonds is 4. The normalized spacial score (nSPS) is 20.3. The molecule has 0 radical (unpaired) electrons. The smallest absolute Gasteiger partial charge is 0.272 e. The highest BCUT2D eigenvalue weighted by molar-refractivity contribution is 5.94. The molecular formula is C25H25FN4O2. The van der Waals surface area contributed by atoms with Crippen molar-refractivity contribution in [1.29, 1.82) is 0 Å². The molecule has 32 heavy (non-hydrogen) atoms. The zero-order valence-corrected chi connectivity index (χ0v) is 17.9. The molecule has 2 aromatic carbocycles. The molecule has 5 rings (SSSR count).